The van der Waals surface area contributed by atoms with E-state index >= 15 is 0 Å². The fourth-order valence-corrected chi connectivity index (χ4v) is 4.76. The van der Waals surface area contributed by atoms with E-state index in [-0.39, 0.29) is 17.9 Å². The lowest BCUT2D eigenvalue weighted by atomic mass is 9.70. The average Bonchev–Trinajstić information content (AvgIpc) is 3.02. The quantitative estimate of drug-likeness (QED) is 0.861. The molecule has 0 aromatic carbocycles. The first kappa shape index (κ1) is 18.5. The minimum absolute atomic E-state index is 0.0302. The molecule has 0 radical (unpaired) electrons. The van der Waals surface area contributed by atoms with Gasteiger partial charge in [-0.15, -0.1) is 11.3 Å². The Morgan fingerprint density at radius 3 is 2.42 bits per heavy atom. The summed E-state index contributed by atoms with van der Waals surface area (Å²) in [5.41, 5.74) is 1.59. The number of pyridine rings is 1. The van der Waals surface area contributed by atoms with Crippen molar-refractivity contribution in [3.05, 3.63) is 41.2 Å². The van der Waals surface area contributed by atoms with Crippen LogP contribution in [0.25, 0.3) is 0 Å². The number of carbonyl (C=O) groups excluding carboxylic acids is 2. The summed E-state index contributed by atoms with van der Waals surface area (Å²) in [4.78, 5) is 32.2. The van der Waals surface area contributed by atoms with Gasteiger partial charge in [0.1, 0.15) is 0 Å². The van der Waals surface area contributed by atoms with Gasteiger partial charge in [0.05, 0.1) is 5.69 Å². The van der Waals surface area contributed by atoms with Crippen molar-refractivity contribution >= 4 is 28.3 Å². The maximum atomic E-state index is 12.3. The number of thiazole rings is 1. The predicted molar refractivity (Wildman–Crippen MR) is 102 cm³/mol. The summed E-state index contributed by atoms with van der Waals surface area (Å²) < 4.78 is 0. The fourth-order valence-electron chi connectivity index (χ4n) is 4.01. The van der Waals surface area contributed by atoms with Crippen molar-refractivity contribution in [2.24, 2.45) is 11.8 Å². The third kappa shape index (κ3) is 4.27. The van der Waals surface area contributed by atoms with Gasteiger partial charge in [0.15, 0.2) is 5.13 Å². The van der Waals surface area contributed by atoms with Crippen molar-refractivity contribution in [3.8, 4) is 0 Å². The largest absolute Gasteiger partial charge is 0.354 e. The highest BCUT2D eigenvalue weighted by Gasteiger charge is 2.35. The summed E-state index contributed by atoms with van der Waals surface area (Å²) in [6.07, 6.45) is 5.09. The van der Waals surface area contributed by atoms with E-state index in [1.54, 1.807) is 31.5 Å². The molecule has 0 aliphatic heterocycles. The van der Waals surface area contributed by atoms with Gasteiger partial charge in [-0.2, -0.15) is 0 Å². The molecular formula is C19H24N4O2S. The van der Waals surface area contributed by atoms with Crippen molar-refractivity contribution in [1.82, 2.24) is 15.3 Å². The zero-order valence-corrected chi connectivity index (χ0v) is 16.0. The summed E-state index contributed by atoms with van der Waals surface area (Å²) in [6.45, 7) is 5.99. The summed E-state index contributed by atoms with van der Waals surface area (Å²) in [7, 11) is 0. The maximum absolute atomic E-state index is 12.3. The monoisotopic (exact) mass is 372 g/mol. The highest BCUT2D eigenvalue weighted by Crippen LogP contribution is 2.42. The standard InChI is InChI=1S/C19H24N4O2S/c1-11-8-15(21-13(3)24)9-12(2)17(11)16-10-26-19(22-16)23-18(25)14-4-6-20-7-5-14/h4-7,10-12,15,17H,8-9H2,1-3H3,(H,21,24)(H,22,23,25). The molecule has 1 fully saturated rings. The van der Waals surface area contributed by atoms with Crippen LogP contribution >= 0.6 is 11.3 Å². The molecule has 0 saturated heterocycles. The molecule has 1 aliphatic rings. The Balaban J connectivity index is 1.67. The third-order valence-corrected chi connectivity index (χ3v) is 5.75. The van der Waals surface area contributed by atoms with Crippen LogP contribution in [0, 0.1) is 11.8 Å². The molecule has 7 heteroatoms. The Labute approximate surface area is 157 Å². The molecule has 26 heavy (non-hydrogen) atoms. The lowest BCUT2D eigenvalue weighted by Crippen LogP contribution is -2.41. The van der Waals surface area contributed by atoms with Gasteiger partial charge in [-0.05, 0) is 36.8 Å². The number of anilines is 1. The molecule has 2 aromatic rings. The van der Waals surface area contributed by atoms with Crippen LogP contribution < -0.4 is 10.6 Å². The highest BCUT2D eigenvalue weighted by atomic mass is 32.1. The molecule has 2 aromatic heterocycles. The van der Waals surface area contributed by atoms with Gasteiger partial charge in [0, 0.05) is 42.2 Å². The van der Waals surface area contributed by atoms with E-state index in [0.29, 0.717) is 28.4 Å². The molecule has 0 bridgehead atoms. The van der Waals surface area contributed by atoms with E-state index in [9.17, 15) is 9.59 Å². The smallest absolute Gasteiger partial charge is 0.257 e. The normalized spacial score (nSPS) is 25.5. The summed E-state index contributed by atoms with van der Waals surface area (Å²) in [6, 6.07) is 3.59. The van der Waals surface area contributed by atoms with Crippen molar-refractivity contribution in [2.45, 2.75) is 45.6 Å². The van der Waals surface area contributed by atoms with Gasteiger partial charge >= 0.3 is 0 Å². The molecule has 0 spiro atoms. The minimum atomic E-state index is -0.177. The summed E-state index contributed by atoms with van der Waals surface area (Å²) in [5.74, 6) is 1.03. The van der Waals surface area contributed by atoms with Gasteiger partial charge in [-0.25, -0.2) is 4.98 Å². The Kier molecular flexibility index (Phi) is 5.66. The van der Waals surface area contributed by atoms with E-state index in [0.717, 1.165) is 18.5 Å². The van der Waals surface area contributed by atoms with Crippen LogP contribution in [0.5, 0.6) is 0 Å². The number of nitrogens with one attached hydrogen (secondary N) is 2. The summed E-state index contributed by atoms with van der Waals surface area (Å²) in [5, 5.41) is 8.57. The average molecular weight is 372 g/mol. The Morgan fingerprint density at radius 2 is 1.81 bits per heavy atom. The number of nitrogens with zero attached hydrogens (tertiary/aromatic N) is 2. The molecular weight excluding hydrogens is 348 g/mol. The van der Waals surface area contributed by atoms with E-state index in [1.807, 2.05) is 5.38 Å². The Bertz CT molecular complexity index is 765. The zero-order valence-electron chi connectivity index (χ0n) is 15.2. The number of amides is 2. The van der Waals surface area contributed by atoms with E-state index in [4.69, 9.17) is 0 Å². The molecule has 1 saturated carbocycles. The second-order valence-corrected chi connectivity index (χ2v) is 7.97. The third-order valence-electron chi connectivity index (χ3n) is 4.97. The molecule has 2 N–H and O–H groups in total. The van der Waals surface area contributed by atoms with Gasteiger partial charge in [-0.3, -0.25) is 19.9 Å². The Hall–Kier alpha value is -2.28. The fraction of sp³-hybridized carbons (Fsp3) is 0.474. The van der Waals surface area contributed by atoms with Gasteiger partial charge in [-0.1, -0.05) is 13.8 Å². The maximum Gasteiger partial charge on any atom is 0.257 e. The van der Waals surface area contributed by atoms with E-state index in [1.165, 1.54) is 11.3 Å². The highest BCUT2D eigenvalue weighted by molar-refractivity contribution is 7.14. The lowest BCUT2D eigenvalue weighted by Gasteiger charge is -2.38. The van der Waals surface area contributed by atoms with Crippen LogP contribution in [0.1, 0.15) is 55.6 Å². The van der Waals surface area contributed by atoms with Crippen LogP contribution in [-0.2, 0) is 4.79 Å². The van der Waals surface area contributed by atoms with Gasteiger partial charge in [0.25, 0.3) is 5.91 Å². The molecule has 6 nitrogen and oxygen atoms in total. The summed E-state index contributed by atoms with van der Waals surface area (Å²) >= 11 is 1.45. The SMILES string of the molecule is CC(=O)NC1CC(C)C(c2csc(NC(=O)c3ccncc3)n2)C(C)C1. The second-order valence-electron chi connectivity index (χ2n) is 7.12. The molecule has 2 atom stereocenters. The van der Waals surface area contributed by atoms with Crippen molar-refractivity contribution < 1.29 is 9.59 Å². The van der Waals surface area contributed by atoms with E-state index in [2.05, 4.69) is 34.4 Å². The van der Waals surface area contributed by atoms with Crippen LogP contribution in [0.2, 0.25) is 0 Å². The van der Waals surface area contributed by atoms with Gasteiger partial charge in [0.2, 0.25) is 5.91 Å². The van der Waals surface area contributed by atoms with Crippen LogP contribution in [0.4, 0.5) is 5.13 Å². The van der Waals surface area contributed by atoms with E-state index < -0.39 is 0 Å². The zero-order chi connectivity index (χ0) is 18.7. The first-order chi connectivity index (χ1) is 12.4. The number of carbonyl (C=O) groups is 2. The van der Waals surface area contributed by atoms with Crippen molar-refractivity contribution in [3.63, 3.8) is 0 Å². The van der Waals surface area contributed by atoms with Crippen molar-refractivity contribution in [2.75, 3.05) is 5.32 Å². The number of hydrogen-bond acceptors (Lipinski definition) is 5. The van der Waals surface area contributed by atoms with Crippen molar-refractivity contribution in [1.29, 1.82) is 0 Å². The predicted octanol–water partition coefficient (Wildman–Crippen LogP) is 3.44. The topological polar surface area (TPSA) is 84.0 Å². The molecule has 138 valence electrons. The molecule has 3 rings (SSSR count). The number of rotatable bonds is 4. The molecule has 2 amide bonds. The van der Waals surface area contributed by atoms with Gasteiger partial charge < -0.3 is 5.32 Å². The Morgan fingerprint density at radius 1 is 1.15 bits per heavy atom. The second kappa shape index (κ2) is 7.95. The molecule has 2 unspecified atom stereocenters. The van der Waals surface area contributed by atoms with Crippen LogP contribution in [0.3, 0.4) is 0 Å². The minimum Gasteiger partial charge on any atom is -0.354 e. The van der Waals surface area contributed by atoms with Crippen LogP contribution in [-0.4, -0.2) is 27.8 Å². The number of aromatic nitrogens is 2. The van der Waals surface area contributed by atoms with Crippen LogP contribution in [0.15, 0.2) is 29.9 Å². The first-order valence-electron chi connectivity index (χ1n) is 8.88. The number of hydrogen-bond donors (Lipinski definition) is 2. The molecule has 1 aliphatic carbocycles. The first-order valence-corrected chi connectivity index (χ1v) is 9.76. The lowest BCUT2D eigenvalue weighted by molar-refractivity contribution is -0.120. The molecule has 2 heterocycles.